The molecule has 1 aromatic heterocycles. The molecule has 0 spiro atoms. The zero-order chi connectivity index (χ0) is 13.7. The summed E-state index contributed by atoms with van der Waals surface area (Å²) in [6.07, 6.45) is 5.63. The van der Waals surface area contributed by atoms with Crippen LogP contribution in [0.1, 0.15) is 11.3 Å². The van der Waals surface area contributed by atoms with Crippen LogP contribution in [0.3, 0.4) is 0 Å². The first-order valence-electron chi connectivity index (χ1n) is 5.79. The predicted molar refractivity (Wildman–Crippen MR) is 77.3 cm³/mol. The molecule has 0 bridgehead atoms. The van der Waals surface area contributed by atoms with Gasteiger partial charge in [-0.15, -0.1) is 0 Å². The largest absolute Gasteiger partial charge is 0.477 e. The van der Waals surface area contributed by atoms with Gasteiger partial charge < -0.3 is 5.11 Å². The SMILES string of the molecule is O=C(O)C[n+]1ccccc1/C=C/c1ccc(Br)cc1. The summed E-state index contributed by atoms with van der Waals surface area (Å²) >= 11 is 3.39. The van der Waals surface area contributed by atoms with Crippen molar-refractivity contribution >= 4 is 34.1 Å². The second kappa shape index (κ2) is 6.29. The van der Waals surface area contributed by atoms with Gasteiger partial charge in [-0.05, 0) is 29.8 Å². The van der Waals surface area contributed by atoms with Crippen LogP contribution < -0.4 is 4.57 Å². The molecule has 0 fully saturated rings. The number of carbonyl (C=O) groups is 1. The smallest absolute Gasteiger partial charge is 0.370 e. The highest BCUT2D eigenvalue weighted by Gasteiger charge is 2.10. The number of benzene rings is 1. The van der Waals surface area contributed by atoms with Crippen LogP contribution in [0.2, 0.25) is 0 Å². The molecule has 0 radical (unpaired) electrons. The molecule has 3 nitrogen and oxygen atoms in total. The molecule has 1 N–H and O–H groups in total. The Bertz CT molecular complexity index is 606. The number of carboxylic acid groups (broad SMARTS) is 1. The first-order chi connectivity index (χ1) is 9.15. The second-order valence-corrected chi connectivity index (χ2v) is 4.95. The molecule has 19 heavy (non-hydrogen) atoms. The van der Waals surface area contributed by atoms with E-state index in [1.54, 1.807) is 10.8 Å². The molecule has 1 aromatic carbocycles. The quantitative estimate of drug-likeness (QED) is 0.880. The number of hydrogen-bond donors (Lipinski definition) is 1. The lowest BCUT2D eigenvalue weighted by atomic mass is 10.2. The van der Waals surface area contributed by atoms with Crippen LogP contribution in [0.5, 0.6) is 0 Å². The fourth-order valence-corrected chi connectivity index (χ4v) is 1.95. The van der Waals surface area contributed by atoms with E-state index in [0.717, 1.165) is 15.7 Å². The van der Waals surface area contributed by atoms with Gasteiger partial charge in [0.25, 0.3) is 0 Å². The zero-order valence-electron chi connectivity index (χ0n) is 10.2. The number of pyridine rings is 1. The summed E-state index contributed by atoms with van der Waals surface area (Å²) in [7, 11) is 0. The third-order valence-corrected chi connectivity index (χ3v) is 3.13. The summed E-state index contributed by atoms with van der Waals surface area (Å²) in [5.41, 5.74) is 1.92. The monoisotopic (exact) mass is 318 g/mol. The fraction of sp³-hybridized carbons (Fsp3) is 0.0667. The van der Waals surface area contributed by atoms with Gasteiger partial charge in [-0.1, -0.05) is 28.1 Å². The minimum atomic E-state index is -0.852. The van der Waals surface area contributed by atoms with E-state index in [9.17, 15) is 4.79 Å². The van der Waals surface area contributed by atoms with E-state index in [1.165, 1.54) is 0 Å². The van der Waals surface area contributed by atoms with Crippen molar-refractivity contribution in [1.82, 2.24) is 0 Å². The maximum atomic E-state index is 10.8. The van der Waals surface area contributed by atoms with Crippen LogP contribution in [0.4, 0.5) is 0 Å². The van der Waals surface area contributed by atoms with E-state index in [-0.39, 0.29) is 6.54 Å². The molecule has 0 aliphatic heterocycles. The molecule has 0 amide bonds. The highest BCUT2D eigenvalue weighted by molar-refractivity contribution is 9.10. The van der Waals surface area contributed by atoms with Gasteiger partial charge in [-0.2, -0.15) is 4.57 Å². The molecule has 2 rings (SSSR count). The molecule has 0 saturated heterocycles. The lowest BCUT2D eigenvalue weighted by Gasteiger charge is -1.97. The Balaban J connectivity index is 2.22. The van der Waals surface area contributed by atoms with Crippen molar-refractivity contribution in [3.63, 3.8) is 0 Å². The molecule has 0 saturated carbocycles. The summed E-state index contributed by atoms with van der Waals surface area (Å²) in [6.45, 7) is -0.0408. The van der Waals surface area contributed by atoms with Gasteiger partial charge in [0.2, 0.25) is 12.2 Å². The molecule has 96 valence electrons. The number of carboxylic acids is 1. The molecule has 4 heteroatoms. The standard InChI is InChI=1S/C15H12BrNO2/c16-13-7-4-12(5-8-13)6-9-14-3-1-2-10-17(14)11-15(18)19/h1-10H,11H2/p+1/b9-6+. The van der Waals surface area contributed by atoms with Crippen molar-refractivity contribution in [2.24, 2.45) is 0 Å². The Hall–Kier alpha value is -1.94. The fourth-order valence-electron chi connectivity index (χ4n) is 1.69. The second-order valence-electron chi connectivity index (χ2n) is 4.03. The predicted octanol–water partition coefficient (Wildman–Crippen LogP) is 2.99. The summed E-state index contributed by atoms with van der Waals surface area (Å²) in [4.78, 5) is 10.8. The van der Waals surface area contributed by atoms with Gasteiger partial charge in [0, 0.05) is 22.7 Å². The maximum Gasteiger partial charge on any atom is 0.370 e. The number of hydrogen-bond acceptors (Lipinski definition) is 1. The van der Waals surface area contributed by atoms with E-state index in [4.69, 9.17) is 5.11 Å². The molecule has 0 atom stereocenters. The van der Waals surface area contributed by atoms with Crippen molar-refractivity contribution in [3.8, 4) is 0 Å². The molecule has 0 aliphatic carbocycles. The van der Waals surface area contributed by atoms with Gasteiger partial charge >= 0.3 is 5.97 Å². The average Bonchev–Trinajstić information content (AvgIpc) is 2.39. The highest BCUT2D eigenvalue weighted by Crippen LogP contribution is 2.12. The van der Waals surface area contributed by atoms with Crippen molar-refractivity contribution in [1.29, 1.82) is 0 Å². The van der Waals surface area contributed by atoms with E-state index < -0.39 is 5.97 Å². The van der Waals surface area contributed by atoms with Crippen LogP contribution in [0.15, 0.2) is 53.1 Å². The van der Waals surface area contributed by atoms with Crippen LogP contribution in [-0.2, 0) is 11.3 Å². The Labute approximate surface area is 120 Å². The Morgan fingerprint density at radius 3 is 2.58 bits per heavy atom. The van der Waals surface area contributed by atoms with Crippen molar-refractivity contribution in [2.45, 2.75) is 6.54 Å². The molecule has 0 unspecified atom stereocenters. The molecule has 1 heterocycles. The number of rotatable bonds is 4. The number of aliphatic carboxylic acids is 1. The van der Waals surface area contributed by atoms with Crippen molar-refractivity contribution < 1.29 is 14.5 Å². The summed E-state index contributed by atoms with van der Waals surface area (Å²) in [5.74, 6) is -0.852. The minimum absolute atomic E-state index is 0.0408. The van der Waals surface area contributed by atoms with Gasteiger partial charge in [-0.3, -0.25) is 0 Å². The topological polar surface area (TPSA) is 41.2 Å². The minimum Gasteiger partial charge on any atom is -0.477 e. The molecular formula is C15H13BrNO2+. The van der Waals surface area contributed by atoms with Crippen molar-refractivity contribution in [2.75, 3.05) is 0 Å². The van der Waals surface area contributed by atoms with Crippen LogP contribution in [0.25, 0.3) is 12.2 Å². The van der Waals surface area contributed by atoms with Crippen molar-refractivity contribution in [3.05, 3.63) is 64.4 Å². The third kappa shape index (κ3) is 4.03. The third-order valence-electron chi connectivity index (χ3n) is 2.60. The van der Waals surface area contributed by atoms with Gasteiger partial charge in [-0.25, -0.2) is 4.79 Å². The van der Waals surface area contributed by atoms with Crippen LogP contribution >= 0.6 is 15.9 Å². The van der Waals surface area contributed by atoms with Crippen LogP contribution in [0, 0.1) is 0 Å². The van der Waals surface area contributed by atoms with E-state index in [0.29, 0.717) is 0 Å². The Morgan fingerprint density at radius 1 is 1.16 bits per heavy atom. The number of nitrogens with zero attached hydrogens (tertiary/aromatic N) is 1. The lowest BCUT2D eigenvalue weighted by Crippen LogP contribution is -2.40. The van der Waals surface area contributed by atoms with E-state index in [2.05, 4.69) is 15.9 Å². The zero-order valence-corrected chi connectivity index (χ0v) is 11.7. The Morgan fingerprint density at radius 2 is 1.89 bits per heavy atom. The number of halogens is 1. The van der Waals surface area contributed by atoms with Gasteiger partial charge in [0.15, 0.2) is 6.20 Å². The summed E-state index contributed by atoms with van der Waals surface area (Å²) in [6, 6.07) is 13.5. The van der Waals surface area contributed by atoms with E-state index in [1.807, 2.05) is 54.6 Å². The van der Waals surface area contributed by atoms with E-state index >= 15 is 0 Å². The maximum absolute atomic E-state index is 10.8. The molecule has 2 aromatic rings. The first-order valence-corrected chi connectivity index (χ1v) is 6.58. The molecular weight excluding hydrogens is 306 g/mol. The first kappa shape index (κ1) is 13.5. The number of aromatic nitrogens is 1. The van der Waals surface area contributed by atoms with Crippen LogP contribution in [-0.4, -0.2) is 11.1 Å². The average molecular weight is 319 g/mol. The highest BCUT2D eigenvalue weighted by atomic mass is 79.9. The molecule has 0 aliphatic rings. The summed E-state index contributed by atoms with van der Waals surface area (Å²) in [5, 5.41) is 8.86. The lowest BCUT2D eigenvalue weighted by molar-refractivity contribution is -0.687. The Kier molecular flexibility index (Phi) is 4.47. The summed E-state index contributed by atoms with van der Waals surface area (Å²) < 4.78 is 2.72. The normalized spacial score (nSPS) is 10.8. The van der Waals surface area contributed by atoms with Gasteiger partial charge in [0.05, 0.1) is 0 Å². The van der Waals surface area contributed by atoms with Gasteiger partial charge in [0.1, 0.15) is 0 Å².